The quantitative estimate of drug-likeness (QED) is 0.490. The molecule has 0 aliphatic heterocycles. The number of nitrogens with zero attached hydrogens (tertiary/aromatic N) is 1. The summed E-state index contributed by atoms with van der Waals surface area (Å²) in [7, 11) is -2.34. The highest BCUT2D eigenvalue weighted by Gasteiger charge is 2.27. The van der Waals surface area contributed by atoms with Crippen molar-refractivity contribution >= 4 is 37.5 Å². The molecule has 0 bridgehead atoms. The largest absolute Gasteiger partial charge is 0.497 e. The molecular formula is C23H23BrN2O4S. The third-order valence-corrected chi connectivity index (χ3v) is 7.04. The highest BCUT2D eigenvalue weighted by Crippen LogP contribution is 2.25. The second kappa shape index (κ2) is 9.98. The van der Waals surface area contributed by atoms with Crippen LogP contribution in [0, 0.1) is 0 Å². The lowest BCUT2D eigenvalue weighted by atomic mass is 10.1. The van der Waals surface area contributed by atoms with Crippen molar-refractivity contribution in [1.29, 1.82) is 0 Å². The van der Waals surface area contributed by atoms with Crippen molar-refractivity contribution in [1.82, 2.24) is 5.32 Å². The Labute approximate surface area is 191 Å². The molecule has 162 valence electrons. The Morgan fingerprint density at radius 3 is 2.19 bits per heavy atom. The van der Waals surface area contributed by atoms with Gasteiger partial charge in [0.25, 0.3) is 10.0 Å². The number of nitrogens with one attached hydrogen (secondary N) is 1. The number of methoxy groups -OCH3 is 1. The minimum atomic E-state index is -3.93. The predicted molar refractivity (Wildman–Crippen MR) is 125 cm³/mol. The van der Waals surface area contributed by atoms with Gasteiger partial charge in [0.2, 0.25) is 5.91 Å². The van der Waals surface area contributed by atoms with Gasteiger partial charge in [0.15, 0.2) is 0 Å². The Bertz CT molecular complexity index is 1120. The van der Waals surface area contributed by atoms with Gasteiger partial charge in [0, 0.05) is 4.47 Å². The maximum absolute atomic E-state index is 13.3. The zero-order chi connectivity index (χ0) is 22.4. The summed E-state index contributed by atoms with van der Waals surface area (Å²) in [4.78, 5) is 12.9. The van der Waals surface area contributed by atoms with E-state index in [2.05, 4.69) is 21.2 Å². The van der Waals surface area contributed by atoms with Gasteiger partial charge in [-0.05, 0) is 61.0 Å². The van der Waals surface area contributed by atoms with Crippen molar-refractivity contribution in [2.24, 2.45) is 0 Å². The van der Waals surface area contributed by atoms with Crippen LogP contribution in [0.1, 0.15) is 18.5 Å². The Morgan fingerprint density at radius 1 is 1.00 bits per heavy atom. The van der Waals surface area contributed by atoms with Gasteiger partial charge in [-0.2, -0.15) is 0 Å². The molecule has 3 aromatic rings. The Balaban J connectivity index is 1.84. The van der Waals surface area contributed by atoms with Crippen molar-refractivity contribution in [3.05, 3.63) is 88.9 Å². The van der Waals surface area contributed by atoms with Crippen molar-refractivity contribution in [3.63, 3.8) is 0 Å². The fraction of sp³-hybridized carbons (Fsp3) is 0.174. The molecule has 0 aliphatic carbocycles. The number of amides is 1. The monoisotopic (exact) mass is 502 g/mol. The van der Waals surface area contributed by atoms with Gasteiger partial charge in [0.05, 0.1) is 23.7 Å². The Morgan fingerprint density at radius 2 is 1.61 bits per heavy atom. The van der Waals surface area contributed by atoms with E-state index < -0.39 is 15.9 Å². The molecule has 31 heavy (non-hydrogen) atoms. The average Bonchev–Trinajstić information content (AvgIpc) is 2.78. The van der Waals surface area contributed by atoms with Gasteiger partial charge in [-0.1, -0.05) is 46.3 Å². The number of sulfonamides is 1. The lowest BCUT2D eigenvalue weighted by Gasteiger charge is -2.25. The summed E-state index contributed by atoms with van der Waals surface area (Å²) in [6.45, 7) is 1.49. The third-order valence-electron chi connectivity index (χ3n) is 4.73. The zero-order valence-corrected chi connectivity index (χ0v) is 19.6. The molecule has 0 spiro atoms. The fourth-order valence-corrected chi connectivity index (χ4v) is 4.74. The van der Waals surface area contributed by atoms with Gasteiger partial charge in [-0.15, -0.1) is 0 Å². The van der Waals surface area contributed by atoms with E-state index >= 15 is 0 Å². The molecule has 8 heteroatoms. The number of anilines is 1. The van der Waals surface area contributed by atoms with Gasteiger partial charge < -0.3 is 10.1 Å². The molecule has 1 amide bonds. The number of carbonyl (C=O) groups excluding carboxylic acids is 1. The smallest absolute Gasteiger partial charge is 0.264 e. The number of carbonyl (C=O) groups is 1. The van der Waals surface area contributed by atoms with Crippen LogP contribution in [0.3, 0.4) is 0 Å². The SMILES string of the molecule is COc1ccc([C@H](C)NC(=O)CN(c2ccc(Br)cc2)S(=O)(=O)c2ccccc2)cc1. The molecule has 6 nitrogen and oxygen atoms in total. The normalized spacial score (nSPS) is 12.1. The highest BCUT2D eigenvalue weighted by atomic mass is 79.9. The molecule has 1 atom stereocenters. The number of hydrogen-bond donors (Lipinski definition) is 1. The molecule has 0 unspecified atom stereocenters. The molecule has 0 aliphatic rings. The first kappa shape index (κ1) is 22.8. The van der Waals surface area contributed by atoms with E-state index in [1.807, 2.05) is 31.2 Å². The first-order valence-corrected chi connectivity index (χ1v) is 11.8. The molecule has 0 saturated carbocycles. The molecule has 3 aromatic carbocycles. The Hall–Kier alpha value is -2.84. The Kier molecular flexibility index (Phi) is 7.35. The summed E-state index contributed by atoms with van der Waals surface area (Å²) in [5, 5.41) is 2.87. The maximum atomic E-state index is 13.3. The van der Waals surface area contributed by atoms with Crippen molar-refractivity contribution in [2.75, 3.05) is 18.0 Å². The summed E-state index contributed by atoms with van der Waals surface area (Å²) >= 11 is 3.35. The summed E-state index contributed by atoms with van der Waals surface area (Å²) in [5.41, 5.74) is 1.29. The van der Waals surface area contributed by atoms with Crippen LogP contribution in [0.4, 0.5) is 5.69 Å². The van der Waals surface area contributed by atoms with Crippen LogP contribution in [0.2, 0.25) is 0 Å². The van der Waals surface area contributed by atoms with Crippen molar-refractivity contribution in [2.45, 2.75) is 17.9 Å². The van der Waals surface area contributed by atoms with Crippen LogP contribution in [0.15, 0.2) is 88.2 Å². The predicted octanol–water partition coefficient (Wildman–Crippen LogP) is 4.53. The van der Waals surface area contributed by atoms with Crippen LogP contribution in [0.5, 0.6) is 5.75 Å². The summed E-state index contributed by atoms with van der Waals surface area (Å²) in [6, 6.07) is 21.9. The first-order chi connectivity index (χ1) is 14.8. The highest BCUT2D eigenvalue weighted by molar-refractivity contribution is 9.10. The van der Waals surface area contributed by atoms with E-state index in [0.717, 1.165) is 20.1 Å². The molecule has 0 heterocycles. The number of halogens is 1. The van der Waals surface area contributed by atoms with Gasteiger partial charge in [-0.25, -0.2) is 8.42 Å². The fourth-order valence-electron chi connectivity index (χ4n) is 3.04. The lowest BCUT2D eigenvalue weighted by molar-refractivity contribution is -0.120. The van der Waals surface area contributed by atoms with Crippen molar-refractivity contribution in [3.8, 4) is 5.75 Å². The minimum absolute atomic E-state index is 0.119. The molecule has 0 aromatic heterocycles. The topological polar surface area (TPSA) is 75.7 Å². The van der Waals surface area contributed by atoms with Crippen LogP contribution in [0.25, 0.3) is 0 Å². The lowest BCUT2D eigenvalue weighted by Crippen LogP contribution is -2.41. The van der Waals surface area contributed by atoms with E-state index in [0.29, 0.717) is 5.69 Å². The van der Waals surface area contributed by atoms with Crippen molar-refractivity contribution < 1.29 is 17.9 Å². The van der Waals surface area contributed by atoms with E-state index in [4.69, 9.17) is 4.74 Å². The molecule has 0 saturated heterocycles. The molecule has 0 fully saturated rings. The average molecular weight is 503 g/mol. The van der Waals surface area contributed by atoms with Crippen LogP contribution < -0.4 is 14.4 Å². The number of ether oxygens (including phenoxy) is 1. The molecular weight excluding hydrogens is 480 g/mol. The number of benzene rings is 3. The van der Waals surface area contributed by atoms with Crippen LogP contribution in [-0.2, 0) is 14.8 Å². The van der Waals surface area contributed by atoms with E-state index in [9.17, 15) is 13.2 Å². The number of rotatable bonds is 8. The zero-order valence-electron chi connectivity index (χ0n) is 17.2. The number of hydrogen-bond acceptors (Lipinski definition) is 4. The summed E-state index contributed by atoms with van der Waals surface area (Å²) in [5.74, 6) is 0.309. The van der Waals surface area contributed by atoms with Crippen LogP contribution >= 0.6 is 15.9 Å². The second-order valence-electron chi connectivity index (χ2n) is 6.86. The minimum Gasteiger partial charge on any atom is -0.497 e. The molecule has 3 rings (SSSR count). The standard InChI is InChI=1S/C23H23BrN2O4S/c1-17(18-8-14-21(30-2)15-9-18)25-23(27)16-26(20-12-10-19(24)11-13-20)31(28,29)22-6-4-3-5-7-22/h3-15,17H,16H2,1-2H3,(H,25,27)/t17-/m0/s1. The third kappa shape index (κ3) is 5.65. The van der Waals surface area contributed by atoms with E-state index in [1.54, 1.807) is 49.6 Å². The van der Waals surface area contributed by atoms with Gasteiger partial charge in [-0.3, -0.25) is 9.10 Å². The molecule has 1 N–H and O–H groups in total. The second-order valence-corrected chi connectivity index (χ2v) is 9.64. The van der Waals surface area contributed by atoms with Crippen LogP contribution in [-0.4, -0.2) is 28.0 Å². The van der Waals surface area contributed by atoms with E-state index in [-0.39, 0.29) is 17.5 Å². The molecule has 0 radical (unpaired) electrons. The first-order valence-electron chi connectivity index (χ1n) is 9.58. The van der Waals surface area contributed by atoms with Gasteiger partial charge >= 0.3 is 0 Å². The maximum Gasteiger partial charge on any atom is 0.264 e. The van der Waals surface area contributed by atoms with E-state index in [1.165, 1.54) is 12.1 Å². The van der Waals surface area contributed by atoms with Gasteiger partial charge in [0.1, 0.15) is 12.3 Å². The summed E-state index contributed by atoms with van der Waals surface area (Å²) in [6.07, 6.45) is 0. The summed E-state index contributed by atoms with van der Waals surface area (Å²) < 4.78 is 33.7.